The molecule has 0 fully saturated rings. The van der Waals surface area contributed by atoms with Gasteiger partial charge in [0.1, 0.15) is 0 Å². The molecule has 2 amide bonds. The Morgan fingerprint density at radius 2 is 1.79 bits per heavy atom. The fourth-order valence-corrected chi connectivity index (χ4v) is 4.85. The van der Waals surface area contributed by atoms with E-state index in [9.17, 15) is 9.59 Å². The molecule has 0 atom stereocenters. The molecule has 4 aromatic rings. The Morgan fingerprint density at radius 3 is 2.55 bits per heavy atom. The van der Waals surface area contributed by atoms with Crippen LogP contribution in [0.1, 0.15) is 24.2 Å². The number of amides is 2. The van der Waals surface area contributed by atoms with Crippen molar-refractivity contribution in [2.75, 3.05) is 16.8 Å². The van der Waals surface area contributed by atoms with Gasteiger partial charge in [-0.2, -0.15) is 4.98 Å². The SMILES string of the molecule is CCN1C(=O)c2ccccc2Sc2cc(-c3noc(-c4ccc(NC(C)=O)cc4)n3)ccc21. The minimum absolute atomic E-state index is 0.00310. The molecule has 1 aromatic heterocycles. The Morgan fingerprint density at radius 1 is 1.03 bits per heavy atom. The van der Waals surface area contributed by atoms with Gasteiger partial charge in [-0.3, -0.25) is 9.59 Å². The number of nitrogens with zero attached hydrogens (tertiary/aromatic N) is 3. The lowest BCUT2D eigenvalue weighted by Gasteiger charge is -2.21. The number of nitrogens with one attached hydrogen (secondary N) is 1. The number of benzene rings is 3. The number of anilines is 2. The summed E-state index contributed by atoms with van der Waals surface area (Å²) < 4.78 is 5.49. The molecule has 0 spiro atoms. The highest BCUT2D eigenvalue weighted by molar-refractivity contribution is 7.99. The van der Waals surface area contributed by atoms with E-state index in [-0.39, 0.29) is 11.8 Å². The molecule has 2 heterocycles. The van der Waals surface area contributed by atoms with Crippen LogP contribution in [-0.2, 0) is 4.79 Å². The highest BCUT2D eigenvalue weighted by Gasteiger charge is 2.26. The maximum Gasteiger partial charge on any atom is 0.259 e. The van der Waals surface area contributed by atoms with Crippen molar-refractivity contribution in [2.45, 2.75) is 23.6 Å². The predicted octanol–water partition coefficient (Wildman–Crippen LogP) is 5.49. The predicted molar refractivity (Wildman–Crippen MR) is 127 cm³/mol. The van der Waals surface area contributed by atoms with Crippen molar-refractivity contribution in [3.8, 4) is 22.8 Å². The van der Waals surface area contributed by atoms with Gasteiger partial charge in [0, 0.05) is 40.1 Å². The van der Waals surface area contributed by atoms with E-state index in [1.165, 1.54) is 6.92 Å². The van der Waals surface area contributed by atoms with Gasteiger partial charge >= 0.3 is 0 Å². The third-order valence-electron chi connectivity index (χ3n) is 5.29. The van der Waals surface area contributed by atoms with Gasteiger partial charge in [0.15, 0.2) is 0 Å². The third kappa shape index (κ3) is 4.01. The van der Waals surface area contributed by atoms with Crippen LogP contribution in [0, 0.1) is 0 Å². The van der Waals surface area contributed by atoms with Gasteiger partial charge in [-0.25, -0.2) is 0 Å². The summed E-state index contributed by atoms with van der Waals surface area (Å²) in [6.45, 7) is 4.00. The van der Waals surface area contributed by atoms with E-state index in [1.807, 2.05) is 61.5 Å². The van der Waals surface area contributed by atoms with Crippen molar-refractivity contribution in [2.24, 2.45) is 0 Å². The number of hydrogen-bond donors (Lipinski definition) is 1. The van der Waals surface area contributed by atoms with Crippen LogP contribution in [0.5, 0.6) is 0 Å². The summed E-state index contributed by atoms with van der Waals surface area (Å²) in [6.07, 6.45) is 0. The maximum absolute atomic E-state index is 13.1. The first-order chi connectivity index (χ1) is 16.0. The Balaban J connectivity index is 1.48. The molecule has 1 aliphatic heterocycles. The van der Waals surface area contributed by atoms with E-state index in [4.69, 9.17) is 4.52 Å². The molecule has 164 valence electrons. The minimum atomic E-state index is -0.130. The first kappa shape index (κ1) is 21.0. The summed E-state index contributed by atoms with van der Waals surface area (Å²) in [5.74, 6) is 0.718. The van der Waals surface area contributed by atoms with E-state index in [1.54, 1.807) is 28.8 Å². The van der Waals surface area contributed by atoms with Crippen molar-refractivity contribution in [1.82, 2.24) is 10.1 Å². The summed E-state index contributed by atoms with van der Waals surface area (Å²) in [7, 11) is 0. The zero-order chi connectivity index (χ0) is 22.9. The van der Waals surface area contributed by atoms with Gasteiger partial charge in [-0.05, 0) is 61.5 Å². The fourth-order valence-electron chi connectivity index (χ4n) is 3.73. The van der Waals surface area contributed by atoms with Crippen LogP contribution < -0.4 is 10.2 Å². The molecule has 0 unspecified atom stereocenters. The molecule has 0 saturated carbocycles. The quantitative estimate of drug-likeness (QED) is 0.437. The third-order valence-corrected chi connectivity index (χ3v) is 6.41. The summed E-state index contributed by atoms with van der Waals surface area (Å²) in [6, 6.07) is 20.7. The van der Waals surface area contributed by atoms with E-state index < -0.39 is 0 Å². The Labute approximate surface area is 194 Å². The van der Waals surface area contributed by atoms with E-state index in [0.717, 1.165) is 26.6 Å². The van der Waals surface area contributed by atoms with Gasteiger partial charge in [-0.1, -0.05) is 29.1 Å². The van der Waals surface area contributed by atoms with Crippen LogP contribution in [0.3, 0.4) is 0 Å². The molecule has 8 heteroatoms. The smallest absolute Gasteiger partial charge is 0.259 e. The molecular formula is C25H20N4O3S. The lowest BCUT2D eigenvalue weighted by Crippen LogP contribution is -2.30. The molecule has 7 nitrogen and oxygen atoms in total. The van der Waals surface area contributed by atoms with E-state index >= 15 is 0 Å². The molecule has 33 heavy (non-hydrogen) atoms. The molecule has 1 aliphatic rings. The molecular weight excluding hydrogens is 436 g/mol. The lowest BCUT2D eigenvalue weighted by atomic mass is 10.1. The van der Waals surface area contributed by atoms with Crippen LogP contribution in [0.4, 0.5) is 11.4 Å². The van der Waals surface area contributed by atoms with Crippen molar-refractivity contribution >= 4 is 35.0 Å². The number of hydrogen-bond acceptors (Lipinski definition) is 6. The number of rotatable bonds is 4. The second-order valence-electron chi connectivity index (χ2n) is 7.51. The summed E-state index contributed by atoms with van der Waals surface area (Å²) >= 11 is 1.56. The van der Waals surface area contributed by atoms with Crippen LogP contribution in [0.15, 0.2) is 81.0 Å². The van der Waals surface area contributed by atoms with Crippen LogP contribution in [-0.4, -0.2) is 28.5 Å². The number of carbonyl (C=O) groups excluding carboxylic acids is 2. The zero-order valence-corrected chi connectivity index (χ0v) is 18.8. The van der Waals surface area contributed by atoms with Gasteiger partial charge < -0.3 is 14.7 Å². The maximum atomic E-state index is 13.1. The van der Waals surface area contributed by atoms with Gasteiger partial charge in [0.25, 0.3) is 11.8 Å². The molecule has 0 aliphatic carbocycles. The topological polar surface area (TPSA) is 88.3 Å². The van der Waals surface area contributed by atoms with Crippen LogP contribution >= 0.6 is 11.8 Å². The lowest BCUT2D eigenvalue weighted by molar-refractivity contribution is -0.114. The van der Waals surface area contributed by atoms with Gasteiger partial charge in [0.05, 0.1) is 11.3 Å². The molecule has 0 saturated heterocycles. The highest BCUT2D eigenvalue weighted by atomic mass is 32.2. The molecule has 0 bridgehead atoms. The summed E-state index contributed by atoms with van der Waals surface area (Å²) in [5.41, 5.74) is 3.82. The summed E-state index contributed by atoms with van der Waals surface area (Å²) in [5, 5.41) is 6.89. The van der Waals surface area contributed by atoms with Crippen molar-refractivity contribution in [3.63, 3.8) is 0 Å². The van der Waals surface area contributed by atoms with Gasteiger partial charge in [0.2, 0.25) is 11.7 Å². The summed E-state index contributed by atoms with van der Waals surface area (Å²) in [4.78, 5) is 32.5. The van der Waals surface area contributed by atoms with Crippen molar-refractivity contribution in [3.05, 3.63) is 72.3 Å². The van der Waals surface area contributed by atoms with Gasteiger partial charge in [-0.15, -0.1) is 0 Å². The average Bonchev–Trinajstić information content (AvgIpc) is 3.27. The van der Waals surface area contributed by atoms with E-state index in [2.05, 4.69) is 15.5 Å². The first-order valence-corrected chi connectivity index (χ1v) is 11.3. The Kier molecular flexibility index (Phi) is 5.43. The number of aromatic nitrogens is 2. The molecule has 0 radical (unpaired) electrons. The van der Waals surface area contributed by atoms with E-state index in [0.29, 0.717) is 29.5 Å². The highest BCUT2D eigenvalue weighted by Crippen LogP contribution is 2.42. The molecule has 1 N–H and O–H groups in total. The zero-order valence-electron chi connectivity index (χ0n) is 18.0. The monoisotopic (exact) mass is 456 g/mol. The van der Waals surface area contributed by atoms with Crippen LogP contribution in [0.25, 0.3) is 22.8 Å². The second kappa shape index (κ2) is 8.55. The Bertz CT molecular complexity index is 1360. The normalized spacial score (nSPS) is 12.7. The fraction of sp³-hybridized carbons (Fsp3) is 0.120. The number of fused-ring (bicyclic) bond motifs is 2. The van der Waals surface area contributed by atoms with Crippen LogP contribution in [0.2, 0.25) is 0 Å². The first-order valence-electron chi connectivity index (χ1n) is 10.5. The second-order valence-corrected chi connectivity index (χ2v) is 8.60. The molecule has 3 aromatic carbocycles. The molecule has 5 rings (SSSR count). The average molecular weight is 457 g/mol. The number of carbonyl (C=O) groups is 2. The van der Waals surface area contributed by atoms with Crippen molar-refractivity contribution in [1.29, 1.82) is 0 Å². The standard InChI is InChI=1S/C25H20N4O3S/c1-3-29-20-13-10-17(14-22(20)33-21-7-5-4-6-19(21)25(29)31)23-27-24(32-28-23)16-8-11-18(12-9-16)26-15(2)30/h4-14H,3H2,1-2H3,(H,26,30). The van der Waals surface area contributed by atoms with Crippen molar-refractivity contribution < 1.29 is 14.1 Å². The minimum Gasteiger partial charge on any atom is -0.334 e. The largest absolute Gasteiger partial charge is 0.334 e. The Hall–Kier alpha value is -3.91.